The zero-order chi connectivity index (χ0) is 22.5. The molecule has 2 N–H and O–H groups in total. The van der Waals surface area contributed by atoms with Gasteiger partial charge in [0, 0.05) is 24.9 Å². The Kier molecular flexibility index (Phi) is 5.72. The van der Waals surface area contributed by atoms with Gasteiger partial charge in [0.05, 0.1) is 6.10 Å². The maximum atomic E-state index is 13.1. The van der Waals surface area contributed by atoms with E-state index in [0.717, 1.165) is 42.6 Å². The van der Waals surface area contributed by atoms with Crippen LogP contribution in [0, 0.1) is 40.4 Å². The molecule has 32 heavy (non-hydrogen) atoms. The predicted molar refractivity (Wildman–Crippen MR) is 126 cm³/mol. The highest BCUT2D eigenvalue weighted by Gasteiger charge is 2.59. The van der Waals surface area contributed by atoms with Crippen LogP contribution in [-0.4, -0.2) is 22.1 Å². The number of pyridine rings is 1. The van der Waals surface area contributed by atoms with Crippen molar-refractivity contribution in [3.8, 4) is 0 Å². The molecule has 3 saturated carbocycles. The summed E-state index contributed by atoms with van der Waals surface area (Å²) in [6, 6.07) is 3.93. The number of allylic oxidation sites excluding steroid dienone is 1. The van der Waals surface area contributed by atoms with Crippen LogP contribution in [0.3, 0.4) is 0 Å². The zero-order valence-corrected chi connectivity index (χ0v) is 20.0. The number of aliphatic hydroxyl groups is 1. The maximum Gasteiger partial charge on any atom is 0.223 e. The minimum absolute atomic E-state index is 0.0542. The first-order chi connectivity index (χ1) is 15.3. The van der Waals surface area contributed by atoms with Crippen molar-refractivity contribution in [3.05, 3.63) is 41.7 Å². The molecular weight excluding hydrogens is 396 g/mol. The summed E-state index contributed by atoms with van der Waals surface area (Å²) in [6.07, 6.45) is 15.1. The summed E-state index contributed by atoms with van der Waals surface area (Å²) < 4.78 is 0. The van der Waals surface area contributed by atoms with E-state index in [4.69, 9.17) is 0 Å². The Morgan fingerprint density at radius 1 is 1.16 bits per heavy atom. The second-order valence-electron chi connectivity index (χ2n) is 11.7. The summed E-state index contributed by atoms with van der Waals surface area (Å²) in [5.41, 5.74) is 3.20. The number of amides is 1. The number of carbonyl (C=O) groups excluding carboxylic acids is 1. The third-order valence-corrected chi connectivity index (χ3v) is 10.4. The monoisotopic (exact) mass is 436 g/mol. The predicted octanol–water partition coefficient (Wildman–Crippen LogP) is 5.27. The highest BCUT2D eigenvalue weighted by atomic mass is 16.3. The lowest BCUT2D eigenvalue weighted by molar-refractivity contribution is -0.129. The summed E-state index contributed by atoms with van der Waals surface area (Å²) in [4.78, 5) is 17.2. The number of nitrogens with zero attached hydrogens (tertiary/aromatic N) is 1. The van der Waals surface area contributed by atoms with Crippen LogP contribution in [0.1, 0.15) is 77.7 Å². The van der Waals surface area contributed by atoms with Gasteiger partial charge in [-0.25, -0.2) is 0 Å². The Bertz CT molecular complexity index is 883. The van der Waals surface area contributed by atoms with Crippen molar-refractivity contribution in [1.82, 2.24) is 10.3 Å². The molecule has 174 valence electrons. The number of aliphatic hydroxyl groups excluding tert-OH is 1. The molecule has 0 aromatic carbocycles. The fraction of sp³-hybridized carbons (Fsp3) is 0.714. The first-order valence-electron chi connectivity index (χ1n) is 12.9. The Hall–Kier alpha value is -1.68. The Morgan fingerprint density at radius 3 is 2.72 bits per heavy atom. The van der Waals surface area contributed by atoms with Gasteiger partial charge in [0.1, 0.15) is 0 Å². The number of rotatable bonds is 4. The molecule has 8 atom stereocenters. The standard InChI is InChI=1S/C28H40N2O2/c1-18(26(32)30-17-19-10-14-29-15-11-19)23-6-7-24-22-5-4-20-16-21(31)8-12-27(20,2)25(22)9-13-28(23,24)3/h4,10-11,14-15,18,21-25,31H,5-9,12-13,16-17H2,1-3H3,(H,30,32)/t18?,21-,22-,23+,24-,25-,27-,28+/m0/s1. The number of hydrogen-bond donors (Lipinski definition) is 2. The molecular formula is C28H40N2O2. The molecule has 0 aliphatic heterocycles. The van der Waals surface area contributed by atoms with Gasteiger partial charge in [-0.3, -0.25) is 9.78 Å². The molecule has 4 aliphatic carbocycles. The van der Waals surface area contributed by atoms with Gasteiger partial charge >= 0.3 is 0 Å². The van der Waals surface area contributed by atoms with Gasteiger partial charge in [-0.15, -0.1) is 0 Å². The summed E-state index contributed by atoms with van der Waals surface area (Å²) in [6.45, 7) is 7.74. The number of carbonyl (C=O) groups is 1. The lowest BCUT2D eigenvalue weighted by atomic mass is 9.47. The molecule has 4 aliphatic rings. The van der Waals surface area contributed by atoms with E-state index in [-0.39, 0.29) is 28.8 Å². The molecule has 1 unspecified atom stereocenters. The topological polar surface area (TPSA) is 62.2 Å². The summed E-state index contributed by atoms with van der Waals surface area (Å²) >= 11 is 0. The molecule has 5 rings (SSSR count). The van der Waals surface area contributed by atoms with E-state index in [1.54, 1.807) is 18.0 Å². The maximum absolute atomic E-state index is 13.1. The van der Waals surface area contributed by atoms with E-state index in [0.29, 0.717) is 12.5 Å². The molecule has 1 amide bonds. The molecule has 0 saturated heterocycles. The van der Waals surface area contributed by atoms with Crippen molar-refractivity contribution in [2.75, 3.05) is 0 Å². The first kappa shape index (κ1) is 22.1. The quantitative estimate of drug-likeness (QED) is 0.632. The lowest BCUT2D eigenvalue weighted by Crippen LogP contribution is -2.51. The highest BCUT2D eigenvalue weighted by Crippen LogP contribution is 2.67. The second-order valence-corrected chi connectivity index (χ2v) is 11.7. The van der Waals surface area contributed by atoms with Crippen molar-refractivity contribution < 1.29 is 9.90 Å². The Morgan fingerprint density at radius 2 is 1.94 bits per heavy atom. The van der Waals surface area contributed by atoms with Gasteiger partial charge in [-0.05, 0) is 104 Å². The van der Waals surface area contributed by atoms with Crippen LogP contribution in [0.15, 0.2) is 36.2 Å². The molecule has 3 fully saturated rings. The van der Waals surface area contributed by atoms with Gasteiger partial charge in [-0.2, -0.15) is 0 Å². The number of hydrogen-bond acceptors (Lipinski definition) is 3. The van der Waals surface area contributed by atoms with E-state index in [9.17, 15) is 9.90 Å². The summed E-state index contributed by atoms with van der Waals surface area (Å²) in [7, 11) is 0. The molecule has 1 heterocycles. The van der Waals surface area contributed by atoms with E-state index in [1.807, 2.05) is 12.1 Å². The minimum Gasteiger partial charge on any atom is -0.393 e. The fourth-order valence-corrected chi connectivity index (χ4v) is 8.54. The van der Waals surface area contributed by atoms with Crippen LogP contribution in [0.4, 0.5) is 0 Å². The average Bonchev–Trinajstić information content (AvgIpc) is 3.15. The number of aromatic nitrogens is 1. The van der Waals surface area contributed by atoms with E-state index in [2.05, 4.69) is 37.1 Å². The zero-order valence-electron chi connectivity index (χ0n) is 20.0. The first-order valence-corrected chi connectivity index (χ1v) is 12.9. The molecule has 4 heteroatoms. The largest absolute Gasteiger partial charge is 0.393 e. The second kappa shape index (κ2) is 8.27. The van der Waals surface area contributed by atoms with E-state index >= 15 is 0 Å². The van der Waals surface area contributed by atoms with Crippen molar-refractivity contribution in [2.24, 2.45) is 40.4 Å². The third kappa shape index (κ3) is 3.54. The third-order valence-electron chi connectivity index (χ3n) is 10.4. The normalized spacial score (nSPS) is 41.6. The molecule has 4 nitrogen and oxygen atoms in total. The van der Waals surface area contributed by atoms with Crippen LogP contribution in [0.2, 0.25) is 0 Å². The SMILES string of the molecule is CC(C(=O)NCc1ccncc1)[C@H]1CC[C@H]2[C@@H]3CC=C4C[C@@H](O)CC[C@]4(C)[C@H]3CC[C@]12C. The van der Waals surface area contributed by atoms with Gasteiger partial charge < -0.3 is 10.4 Å². The van der Waals surface area contributed by atoms with Gasteiger partial charge in [0.15, 0.2) is 0 Å². The van der Waals surface area contributed by atoms with Crippen LogP contribution >= 0.6 is 0 Å². The van der Waals surface area contributed by atoms with E-state index < -0.39 is 0 Å². The van der Waals surface area contributed by atoms with Gasteiger partial charge in [0.2, 0.25) is 5.91 Å². The molecule has 1 aromatic heterocycles. The van der Waals surface area contributed by atoms with Gasteiger partial charge in [-0.1, -0.05) is 32.4 Å². The van der Waals surface area contributed by atoms with E-state index in [1.165, 1.54) is 32.1 Å². The van der Waals surface area contributed by atoms with Crippen molar-refractivity contribution in [2.45, 2.75) is 84.8 Å². The lowest BCUT2D eigenvalue weighted by Gasteiger charge is -2.58. The van der Waals surface area contributed by atoms with Crippen LogP contribution in [0.25, 0.3) is 0 Å². The van der Waals surface area contributed by atoms with Crippen molar-refractivity contribution in [1.29, 1.82) is 0 Å². The number of nitrogens with one attached hydrogen (secondary N) is 1. The van der Waals surface area contributed by atoms with Crippen molar-refractivity contribution in [3.63, 3.8) is 0 Å². The van der Waals surface area contributed by atoms with Crippen molar-refractivity contribution >= 4 is 5.91 Å². The van der Waals surface area contributed by atoms with Gasteiger partial charge in [0.25, 0.3) is 0 Å². The Balaban J connectivity index is 1.30. The molecule has 0 spiro atoms. The smallest absolute Gasteiger partial charge is 0.223 e. The average molecular weight is 437 g/mol. The highest BCUT2D eigenvalue weighted by molar-refractivity contribution is 5.78. The molecule has 0 bridgehead atoms. The summed E-state index contributed by atoms with van der Waals surface area (Å²) in [5, 5.41) is 13.4. The molecule has 1 aromatic rings. The number of fused-ring (bicyclic) bond motifs is 5. The summed E-state index contributed by atoms with van der Waals surface area (Å²) in [5.74, 6) is 2.95. The van der Waals surface area contributed by atoms with Crippen LogP contribution < -0.4 is 5.32 Å². The Labute approximate surface area is 193 Å². The van der Waals surface area contributed by atoms with Crippen LogP contribution in [-0.2, 0) is 11.3 Å². The fourth-order valence-electron chi connectivity index (χ4n) is 8.54. The molecule has 0 radical (unpaired) electrons. The minimum atomic E-state index is -0.137. The van der Waals surface area contributed by atoms with Crippen LogP contribution in [0.5, 0.6) is 0 Å².